The molecule has 0 fully saturated rings. The summed E-state index contributed by atoms with van der Waals surface area (Å²) in [5.74, 6) is 0.535. The van der Waals surface area contributed by atoms with Crippen LogP contribution in [0.5, 0.6) is 5.75 Å². The molecule has 6 heteroatoms. The van der Waals surface area contributed by atoms with Crippen LogP contribution in [-0.2, 0) is 30.7 Å². The highest BCUT2D eigenvalue weighted by molar-refractivity contribution is 5.77. The monoisotopic (exact) mass is 354 g/mol. The molecule has 2 aromatic rings. The lowest BCUT2D eigenvalue weighted by Crippen LogP contribution is -2.31. The maximum Gasteiger partial charge on any atom is 0.258 e. The van der Waals surface area contributed by atoms with E-state index in [2.05, 4.69) is 20.6 Å². The van der Waals surface area contributed by atoms with Crippen LogP contribution in [0, 0.1) is 13.8 Å². The highest BCUT2D eigenvalue weighted by Crippen LogP contribution is 2.20. The van der Waals surface area contributed by atoms with Gasteiger partial charge in [-0.15, -0.1) is 0 Å². The van der Waals surface area contributed by atoms with Gasteiger partial charge in [0.15, 0.2) is 6.61 Å². The van der Waals surface area contributed by atoms with E-state index in [4.69, 9.17) is 4.74 Å². The summed E-state index contributed by atoms with van der Waals surface area (Å²) in [6.45, 7) is 8.23. The number of hydrogen-bond acceptors (Lipinski definition) is 5. The molecule has 26 heavy (non-hydrogen) atoms. The van der Waals surface area contributed by atoms with Crippen molar-refractivity contribution in [2.45, 2.75) is 46.7 Å². The van der Waals surface area contributed by atoms with Crippen LogP contribution in [0.4, 0.5) is 0 Å². The second-order valence-electron chi connectivity index (χ2n) is 6.57. The molecule has 0 saturated heterocycles. The number of hydrogen-bond donors (Lipinski definition) is 2. The van der Waals surface area contributed by atoms with Gasteiger partial charge in [0.05, 0.1) is 5.69 Å². The van der Waals surface area contributed by atoms with Crippen LogP contribution in [0.15, 0.2) is 18.3 Å². The molecule has 2 N–H and O–H groups in total. The Morgan fingerprint density at radius 2 is 2.19 bits per heavy atom. The molecular formula is C20H26N4O2. The molecule has 0 radical (unpaired) electrons. The zero-order chi connectivity index (χ0) is 18.5. The molecule has 138 valence electrons. The van der Waals surface area contributed by atoms with E-state index in [1.165, 1.54) is 11.1 Å². The lowest BCUT2D eigenvalue weighted by Gasteiger charge is -2.21. The second kappa shape index (κ2) is 8.27. The number of nitrogens with one attached hydrogen (secondary N) is 2. The molecule has 0 saturated carbocycles. The van der Waals surface area contributed by atoms with Crippen LogP contribution >= 0.6 is 0 Å². The Labute approximate surface area is 154 Å². The number of nitrogens with zero attached hydrogens (tertiary/aromatic N) is 2. The van der Waals surface area contributed by atoms with Gasteiger partial charge in [-0.05, 0) is 62.1 Å². The number of pyridine rings is 2. The van der Waals surface area contributed by atoms with E-state index in [1.807, 2.05) is 39.1 Å². The number of aryl methyl sites for hydroxylation is 3. The molecular weight excluding hydrogens is 328 g/mol. The molecule has 2 aromatic heterocycles. The lowest BCUT2D eigenvalue weighted by atomic mass is 9.96. The Hall–Kier alpha value is -2.47. The minimum Gasteiger partial charge on any atom is -0.482 e. The van der Waals surface area contributed by atoms with Crippen molar-refractivity contribution in [3.05, 3.63) is 52.1 Å². The van der Waals surface area contributed by atoms with Gasteiger partial charge in [-0.3, -0.25) is 14.8 Å². The number of carbonyl (C=O) groups excluding carboxylic acids is 1. The molecule has 0 atom stereocenters. The molecule has 0 aromatic carbocycles. The van der Waals surface area contributed by atoms with Gasteiger partial charge in [-0.25, -0.2) is 0 Å². The van der Waals surface area contributed by atoms with Crippen LogP contribution in [0.2, 0.25) is 0 Å². The van der Waals surface area contributed by atoms with Crippen molar-refractivity contribution < 1.29 is 9.53 Å². The first-order chi connectivity index (χ1) is 12.6. The van der Waals surface area contributed by atoms with Crippen molar-refractivity contribution in [1.82, 2.24) is 20.6 Å². The standard InChI is InChI=1S/C20H26N4O2/c1-4-18-19(6-5-13(2)24-18)26-12-20(25)23-11-17-14(3)22-10-15-9-21-8-7-16(15)17/h5-6,10,21H,4,7-9,11-12H2,1-3H3,(H,23,25). The topological polar surface area (TPSA) is 76.1 Å². The summed E-state index contributed by atoms with van der Waals surface area (Å²) in [5, 5.41) is 6.32. The number of fused-ring (bicyclic) bond motifs is 1. The van der Waals surface area contributed by atoms with Crippen LogP contribution < -0.4 is 15.4 Å². The minimum atomic E-state index is -0.140. The zero-order valence-corrected chi connectivity index (χ0v) is 15.7. The smallest absolute Gasteiger partial charge is 0.258 e. The van der Waals surface area contributed by atoms with Gasteiger partial charge >= 0.3 is 0 Å². The van der Waals surface area contributed by atoms with Gasteiger partial charge in [0.2, 0.25) is 0 Å². The Morgan fingerprint density at radius 3 is 3.00 bits per heavy atom. The second-order valence-corrected chi connectivity index (χ2v) is 6.57. The highest BCUT2D eigenvalue weighted by Gasteiger charge is 2.16. The van der Waals surface area contributed by atoms with E-state index in [-0.39, 0.29) is 12.5 Å². The summed E-state index contributed by atoms with van der Waals surface area (Å²) in [4.78, 5) is 21.2. The third kappa shape index (κ3) is 4.19. The van der Waals surface area contributed by atoms with Gasteiger partial charge in [0.25, 0.3) is 5.91 Å². The van der Waals surface area contributed by atoms with Crippen LogP contribution in [0.25, 0.3) is 0 Å². The molecule has 1 amide bonds. The third-order valence-electron chi connectivity index (χ3n) is 4.70. The number of carbonyl (C=O) groups is 1. The molecule has 0 unspecified atom stereocenters. The average Bonchev–Trinajstić information content (AvgIpc) is 2.66. The molecule has 6 nitrogen and oxygen atoms in total. The van der Waals surface area contributed by atoms with E-state index in [9.17, 15) is 4.79 Å². The Kier molecular flexibility index (Phi) is 5.83. The fourth-order valence-corrected chi connectivity index (χ4v) is 3.24. The van der Waals surface area contributed by atoms with Gasteiger partial charge in [0, 0.05) is 30.7 Å². The molecule has 1 aliphatic rings. The van der Waals surface area contributed by atoms with E-state index in [0.29, 0.717) is 12.3 Å². The molecule has 0 bridgehead atoms. The van der Waals surface area contributed by atoms with E-state index in [1.54, 1.807) is 0 Å². The quantitative estimate of drug-likeness (QED) is 0.830. The normalized spacial score (nSPS) is 13.2. The van der Waals surface area contributed by atoms with E-state index >= 15 is 0 Å². The summed E-state index contributed by atoms with van der Waals surface area (Å²) in [5.41, 5.74) is 6.47. The van der Waals surface area contributed by atoms with Crippen LogP contribution in [0.3, 0.4) is 0 Å². The van der Waals surface area contributed by atoms with E-state index in [0.717, 1.165) is 48.6 Å². The fraction of sp³-hybridized carbons (Fsp3) is 0.450. The van der Waals surface area contributed by atoms with Gasteiger partial charge < -0.3 is 15.4 Å². The third-order valence-corrected chi connectivity index (χ3v) is 4.70. The molecule has 3 rings (SSSR count). The molecule has 3 heterocycles. The van der Waals surface area contributed by atoms with Crippen molar-refractivity contribution >= 4 is 5.91 Å². The summed E-state index contributed by atoms with van der Waals surface area (Å²) in [6.07, 6.45) is 3.67. The highest BCUT2D eigenvalue weighted by atomic mass is 16.5. The van der Waals surface area contributed by atoms with Crippen molar-refractivity contribution in [1.29, 1.82) is 0 Å². The SMILES string of the molecule is CCc1nc(C)ccc1OCC(=O)NCc1c(C)ncc2c1CCNC2. The van der Waals surface area contributed by atoms with Crippen molar-refractivity contribution in [3.63, 3.8) is 0 Å². The largest absolute Gasteiger partial charge is 0.482 e. The first-order valence-corrected chi connectivity index (χ1v) is 9.11. The van der Waals surface area contributed by atoms with Gasteiger partial charge in [0.1, 0.15) is 5.75 Å². The number of aromatic nitrogens is 2. The average molecular weight is 354 g/mol. The molecule has 0 spiro atoms. The summed E-state index contributed by atoms with van der Waals surface area (Å²) in [6, 6.07) is 3.77. The number of rotatable bonds is 6. The van der Waals surface area contributed by atoms with Crippen molar-refractivity contribution in [3.8, 4) is 5.75 Å². The summed E-state index contributed by atoms with van der Waals surface area (Å²) >= 11 is 0. The number of amides is 1. The molecule has 1 aliphatic heterocycles. The predicted molar refractivity (Wildman–Crippen MR) is 100 cm³/mol. The Bertz CT molecular complexity index is 805. The predicted octanol–water partition coefficient (Wildman–Crippen LogP) is 2.00. The summed E-state index contributed by atoms with van der Waals surface area (Å²) in [7, 11) is 0. The maximum absolute atomic E-state index is 12.2. The summed E-state index contributed by atoms with van der Waals surface area (Å²) < 4.78 is 5.68. The zero-order valence-electron chi connectivity index (χ0n) is 15.7. The number of ether oxygens (including phenoxy) is 1. The Morgan fingerprint density at radius 1 is 1.35 bits per heavy atom. The van der Waals surface area contributed by atoms with Crippen LogP contribution in [0.1, 0.15) is 40.7 Å². The maximum atomic E-state index is 12.2. The van der Waals surface area contributed by atoms with Gasteiger partial charge in [-0.1, -0.05) is 6.92 Å². The van der Waals surface area contributed by atoms with Gasteiger partial charge in [-0.2, -0.15) is 0 Å². The lowest BCUT2D eigenvalue weighted by molar-refractivity contribution is -0.123. The van der Waals surface area contributed by atoms with Crippen LogP contribution in [-0.4, -0.2) is 29.0 Å². The first-order valence-electron chi connectivity index (χ1n) is 9.11. The fourth-order valence-electron chi connectivity index (χ4n) is 3.24. The first kappa shape index (κ1) is 18.3. The minimum absolute atomic E-state index is 0.0131. The van der Waals surface area contributed by atoms with E-state index < -0.39 is 0 Å². The Balaban J connectivity index is 1.60. The molecule has 0 aliphatic carbocycles. The van der Waals surface area contributed by atoms with Crippen molar-refractivity contribution in [2.75, 3.05) is 13.2 Å². The van der Waals surface area contributed by atoms with Crippen molar-refractivity contribution in [2.24, 2.45) is 0 Å².